The molecule has 0 saturated carbocycles. The number of thiazole rings is 1. The lowest BCUT2D eigenvalue weighted by Crippen LogP contribution is -2.24. The number of nitrogens with one attached hydrogen (secondary N) is 2. The van der Waals surface area contributed by atoms with Crippen molar-refractivity contribution < 1.29 is 22.0 Å². The number of rotatable bonds is 6. The minimum Gasteiger partial charge on any atom is -0.346 e. The number of carbonyl (C=O) groups excluding carboxylic acids is 1. The third kappa shape index (κ3) is 4.47. The number of amides is 1. The van der Waals surface area contributed by atoms with Crippen molar-refractivity contribution in [3.63, 3.8) is 0 Å². The van der Waals surface area contributed by atoms with Crippen molar-refractivity contribution in [2.45, 2.75) is 11.4 Å². The van der Waals surface area contributed by atoms with Crippen LogP contribution in [-0.2, 0) is 16.6 Å². The lowest BCUT2D eigenvalue weighted by atomic mass is 10.2. The Bertz CT molecular complexity index is 1050. The molecule has 0 aliphatic rings. The Kier molecular flexibility index (Phi) is 5.47. The Morgan fingerprint density at radius 2 is 1.70 bits per heavy atom. The second-order valence-electron chi connectivity index (χ2n) is 5.34. The van der Waals surface area contributed by atoms with E-state index in [9.17, 15) is 22.0 Å². The first kappa shape index (κ1) is 18.9. The van der Waals surface area contributed by atoms with E-state index in [1.54, 1.807) is 18.2 Å². The van der Waals surface area contributed by atoms with Crippen molar-refractivity contribution in [3.05, 3.63) is 76.8 Å². The summed E-state index contributed by atoms with van der Waals surface area (Å²) in [6, 6.07) is 11.1. The molecule has 6 nitrogen and oxygen atoms in total. The number of hydrogen-bond donors (Lipinski definition) is 2. The molecule has 0 aliphatic heterocycles. The zero-order valence-corrected chi connectivity index (χ0v) is 15.3. The van der Waals surface area contributed by atoms with Gasteiger partial charge in [-0.15, -0.1) is 11.3 Å². The molecule has 2 aromatic carbocycles. The molecule has 0 spiro atoms. The summed E-state index contributed by atoms with van der Waals surface area (Å²) in [7, 11) is -3.83. The van der Waals surface area contributed by atoms with Gasteiger partial charge in [0.25, 0.3) is 15.9 Å². The fourth-order valence-corrected chi connectivity index (χ4v) is 4.12. The molecule has 10 heteroatoms. The largest absolute Gasteiger partial charge is 0.346 e. The Morgan fingerprint density at radius 3 is 2.37 bits per heavy atom. The van der Waals surface area contributed by atoms with Crippen LogP contribution < -0.4 is 10.0 Å². The lowest BCUT2D eigenvalue weighted by Gasteiger charge is -2.06. The van der Waals surface area contributed by atoms with Gasteiger partial charge in [0.15, 0.2) is 5.13 Å². The van der Waals surface area contributed by atoms with Crippen molar-refractivity contribution in [1.29, 1.82) is 0 Å². The van der Waals surface area contributed by atoms with Crippen LogP contribution in [0.5, 0.6) is 0 Å². The molecule has 1 heterocycles. The first-order chi connectivity index (χ1) is 12.9. The lowest BCUT2D eigenvalue weighted by molar-refractivity contribution is 0.0946. The average Bonchev–Trinajstić information content (AvgIpc) is 3.10. The number of carbonyl (C=O) groups is 1. The molecule has 0 aliphatic carbocycles. The number of hydrogen-bond acceptors (Lipinski definition) is 5. The highest BCUT2D eigenvalue weighted by molar-refractivity contribution is 7.93. The van der Waals surface area contributed by atoms with Crippen molar-refractivity contribution in [1.82, 2.24) is 10.3 Å². The maximum absolute atomic E-state index is 13.6. The van der Waals surface area contributed by atoms with Crippen molar-refractivity contribution >= 4 is 32.4 Å². The number of sulfonamides is 1. The normalized spacial score (nSPS) is 11.2. The van der Waals surface area contributed by atoms with Gasteiger partial charge in [0, 0.05) is 17.5 Å². The summed E-state index contributed by atoms with van der Waals surface area (Å²) in [5.41, 5.74) is -0.339. The van der Waals surface area contributed by atoms with Gasteiger partial charge in [0.2, 0.25) is 0 Å². The van der Waals surface area contributed by atoms with Gasteiger partial charge in [-0.2, -0.15) is 0 Å². The third-order valence-electron chi connectivity index (χ3n) is 3.50. The smallest absolute Gasteiger partial charge is 0.271 e. The number of halogens is 2. The van der Waals surface area contributed by atoms with Gasteiger partial charge in [-0.3, -0.25) is 9.52 Å². The third-order valence-corrected chi connectivity index (χ3v) is 5.74. The molecule has 0 saturated heterocycles. The van der Waals surface area contributed by atoms with Crippen LogP contribution in [-0.4, -0.2) is 19.3 Å². The summed E-state index contributed by atoms with van der Waals surface area (Å²) in [5.74, 6) is -2.23. The first-order valence-electron chi connectivity index (χ1n) is 7.61. The minimum atomic E-state index is -3.83. The van der Waals surface area contributed by atoms with E-state index in [2.05, 4.69) is 15.0 Å². The van der Waals surface area contributed by atoms with E-state index in [4.69, 9.17) is 0 Å². The highest BCUT2D eigenvalue weighted by Gasteiger charge is 2.18. The van der Waals surface area contributed by atoms with Gasteiger partial charge in [-0.05, 0) is 24.3 Å². The molecule has 27 heavy (non-hydrogen) atoms. The second-order valence-corrected chi connectivity index (χ2v) is 7.88. The molecule has 2 N–H and O–H groups in total. The van der Waals surface area contributed by atoms with E-state index in [1.165, 1.54) is 23.6 Å². The van der Waals surface area contributed by atoms with E-state index in [1.807, 2.05) is 0 Å². The number of anilines is 1. The zero-order valence-electron chi connectivity index (χ0n) is 13.6. The summed E-state index contributed by atoms with van der Waals surface area (Å²) in [6.45, 7) is -0.361. The van der Waals surface area contributed by atoms with Crippen molar-refractivity contribution in [2.75, 3.05) is 4.72 Å². The number of benzene rings is 2. The molecule has 3 aromatic rings. The van der Waals surface area contributed by atoms with Gasteiger partial charge in [-0.25, -0.2) is 22.2 Å². The molecule has 0 bridgehead atoms. The molecule has 0 unspecified atom stereocenters. The maximum Gasteiger partial charge on any atom is 0.271 e. The number of aromatic nitrogens is 1. The second kappa shape index (κ2) is 7.80. The zero-order chi connectivity index (χ0) is 19.4. The fraction of sp³-hybridized carbons (Fsp3) is 0.0588. The average molecular weight is 409 g/mol. The van der Waals surface area contributed by atoms with E-state index >= 15 is 0 Å². The predicted molar refractivity (Wildman–Crippen MR) is 96.9 cm³/mol. The minimum absolute atomic E-state index is 0.000996. The monoisotopic (exact) mass is 409 g/mol. The van der Waals surface area contributed by atoms with E-state index in [0.29, 0.717) is 0 Å². The van der Waals surface area contributed by atoms with Gasteiger partial charge >= 0.3 is 0 Å². The van der Waals surface area contributed by atoms with Crippen LogP contribution in [0.1, 0.15) is 16.1 Å². The van der Waals surface area contributed by atoms with Crippen LogP contribution in [0.4, 0.5) is 13.9 Å². The van der Waals surface area contributed by atoms with Crippen molar-refractivity contribution in [3.8, 4) is 0 Å². The number of nitrogens with zero attached hydrogens (tertiary/aromatic N) is 1. The molecular weight excluding hydrogens is 396 g/mol. The van der Waals surface area contributed by atoms with Gasteiger partial charge in [0.1, 0.15) is 17.3 Å². The van der Waals surface area contributed by atoms with E-state index in [-0.39, 0.29) is 27.8 Å². The molecule has 1 amide bonds. The van der Waals surface area contributed by atoms with Crippen LogP contribution in [0.15, 0.2) is 58.8 Å². The highest BCUT2D eigenvalue weighted by atomic mass is 32.2. The van der Waals surface area contributed by atoms with Crippen LogP contribution in [0.3, 0.4) is 0 Å². The van der Waals surface area contributed by atoms with Crippen LogP contribution in [0.25, 0.3) is 0 Å². The van der Waals surface area contributed by atoms with Gasteiger partial charge < -0.3 is 5.32 Å². The van der Waals surface area contributed by atoms with Crippen LogP contribution in [0, 0.1) is 11.6 Å². The Labute approximate surface area is 157 Å². The van der Waals surface area contributed by atoms with Gasteiger partial charge in [0.05, 0.1) is 4.90 Å². The fourth-order valence-electron chi connectivity index (χ4n) is 2.16. The highest BCUT2D eigenvalue weighted by Crippen LogP contribution is 2.20. The maximum atomic E-state index is 13.6. The van der Waals surface area contributed by atoms with Crippen LogP contribution >= 0.6 is 11.3 Å². The molecule has 0 atom stereocenters. The molecule has 0 radical (unpaired) electrons. The van der Waals surface area contributed by atoms with E-state index in [0.717, 1.165) is 23.5 Å². The summed E-state index contributed by atoms with van der Waals surface area (Å²) >= 11 is 0.917. The molecule has 1 aromatic heterocycles. The quantitative estimate of drug-likeness (QED) is 0.655. The molecule has 3 rings (SSSR count). The summed E-state index contributed by atoms with van der Waals surface area (Å²) < 4.78 is 53.9. The summed E-state index contributed by atoms with van der Waals surface area (Å²) in [5, 5.41) is 3.70. The predicted octanol–water partition coefficient (Wildman–Crippen LogP) is 3.15. The molecular formula is C17H13F2N3O3S2. The van der Waals surface area contributed by atoms with Crippen LogP contribution in [0.2, 0.25) is 0 Å². The SMILES string of the molecule is O=C(NCc1c(F)cccc1F)c1csc(NS(=O)(=O)c2ccccc2)n1. The van der Waals surface area contributed by atoms with Gasteiger partial charge in [-0.1, -0.05) is 24.3 Å². The standard InChI is InChI=1S/C17H13F2N3O3S2/c18-13-7-4-8-14(19)12(13)9-20-16(23)15-10-26-17(21-15)22-27(24,25)11-5-2-1-3-6-11/h1-8,10H,9H2,(H,20,23)(H,21,22). The Hall–Kier alpha value is -2.85. The first-order valence-corrected chi connectivity index (χ1v) is 9.97. The summed E-state index contributed by atoms with van der Waals surface area (Å²) in [6.07, 6.45) is 0. The Balaban J connectivity index is 1.68. The Morgan fingerprint density at radius 1 is 1.04 bits per heavy atom. The summed E-state index contributed by atoms with van der Waals surface area (Å²) in [4.78, 5) is 16.1. The van der Waals surface area contributed by atoms with Crippen molar-refractivity contribution in [2.24, 2.45) is 0 Å². The van der Waals surface area contributed by atoms with E-state index < -0.39 is 27.6 Å². The topological polar surface area (TPSA) is 88.2 Å². The molecule has 0 fully saturated rings. The molecule has 140 valence electrons.